The Labute approximate surface area is 160 Å². The summed E-state index contributed by atoms with van der Waals surface area (Å²) < 4.78 is 12.1. The van der Waals surface area contributed by atoms with Crippen LogP contribution in [0.15, 0.2) is 29.0 Å². The lowest BCUT2D eigenvalue weighted by Crippen LogP contribution is -2.40. The van der Waals surface area contributed by atoms with Gasteiger partial charge in [0, 0.05) is 24.7 Å². The van der Waals surface area contributed by atoms with E-state index in [9.17, 15) is 4.79 Å². The second kappa shape index (κ2) is 7.62. The highest BCUT2D eigenvalue weighted by Crippen LogP contribution is 2.28. The molecule has 1 aliphatic rings. The summed E-state index contributed by atoms with van der Waals surface area (Å²) in [7, 11) is 1.57. The molecule has 1 saturated heterocycles. The number of carbonyl (C=O) groups excluding carboxylic acids is 1. The van der Waals surface area contributed by atoms with Crippen LogP contribution in [0.2, 0.25) is 0 Å². The van der Waals surface area contributed by atoms with Crippen molar-refractivity contribution in [3.63, 3.8) is 0 Å². The molecular weight excluding hydrogens is 364 g/mol. The molecule has 4 rings (SSSR count). The van der Waals surface area contributed by atoms with Crippen LogP contribution in [0.3, 0.4) is 0 Å². The number of aryl methyl sites for hydroxylation is 1. The highest BCUT2D eigenvalue weighted by Gasteiger charge is 2.27. The van der Waals surface area contributed by atoms with Crippen LogP contribution < -0.4 is 10.1 Å². The number of anilines is 1. The van der Waals surface area contributed by atoms with E-state index in [4.69, 9.17) is 9.26 Å². The third kappa shape index (κ3) is 3.63. The van der Waals surface area contributed by atoms with Crippen LogP contribution in [0.5, 0.6) is 5.75 Å². The summed E-state index contributed by atoms with van der Waals surface area (Å²) in [5.41, 5.74) is 1.27. The van der Waals surface area contributed by atoms with E-state index in [1.807, 2.05) is 0 Å². The molecule has 0 bridgehead atoms. The quantitative estimate of drug-likeness (QED) is 0.722. The summed E-state index contributed by atoms with van der Waals surface area (Å²) in [5, 5.41) is 17.9. The Morgan fingerprint density at radius 3 is 2.79 bits per heavy atom. The zero-order chi connectivity index (χ0) is 19.5. The maximum Gasteiger partial charge on any atom is 0.321 e. The van der Waals surface area contributed by atoms with Gasteiger partial charge in [-0.25, -0.2) is 4.79 Å². The minimum atomic E-state index is -0.159. The van der Waals surface area contributed by atoms with Gasteiger partial charge in [-0.15, -0.1) is 5.10 Å². The first-order valence-corrected chi connectivity index (χ1v) is 8.91. The lowest BCUT2D eigenvalue weighted by Gasteiger charge is -2.30. The Morgan fingerprint density at radius 2 is 2.14 bits per heavy atom. The largest absolute Gasteiger partial charge is 0.494 e. The molecule has 1 aromatic carbocycles. The van der Waals surface area contributed by atoms with E-state index in [0.29, 0.717) is 41.9 Å². The average molecular weight is 384 g/mol. The van der Waals surface area contributed by atoms with E-state index in [2.05, 4.69) is 31.0 Å². The van der Waals surface area contributed by atoms with Crippen molar-refractivity contribution >= 4 is 11.7 Å². The Balaban J connectivity index is 1.41. The van der Waals surface area contributed by atoms with Crippen LogP contribution in [0.25, 0.3) is 5.69 Å². The Kier molecular flexibility index (Phi) is 4.87. The maximum absolute atomic E-state index is 12.7. The molecule has 28 heavy (non-hydrogen) atoms. The van der Waals surface area contributed by atoms with Gasteiger partial charge in [0.1, 0.15) is 17.8 Å². The highest BCUT2D eigenvalue weighted by atomic mass is 16.5. The summed E-state index contributed by atoms with van der Waals surface area (Å²) in [6.07, 6.45) is 3.04. The van der Waals surface area contributed by atoms with Gasteiger partial charge in [-0.1, -0.05) is 5.16 Å². The Hall–Kier alpha value is -3.50. The fraction of sp³-hybridized carbons (Fsp3) is 0.412. The molecule has 3 aromatic rings. The number of aromatic nitrogens is 6. The second-order valence-corrected chi connectivity index (χ2v) is 6.51. The average Bonchev–Trinajstić information content (AvgIpc) is 3.40. The number of nitrogens with zero attached hydrogens (tertiary/aromatic N) is 7. The highest BCUT2D eigenvalue weighted by molar-refractivity contribution is 5.90. The first-order valence-electron chi connectivity index (χ1n) is 8.91. The minimum absolute atomic E-state index is 0.159. The lowest BCUT2D eigenvalue weighted by atomic mass is 9.97. The topological polar surface area (TPSA) is 124 Å². The number of benzene rings is 1. The number of hydrogen-bond donors (Lipinski definition) is 1. The summed E-state index contributed by atoms with van der Waals surface area (Å²) in [6.45, 7) is 3.04. The van der Waals surface area contributed by atoms with E-state index in [-0.39, 0.29) is 11.9 Å². The van der Waals surface area contributed by atoms with Crippen molar-refractivity contribution in [2.75, 3.05) is 25.5 Å². The van der Waals surface area contributed by atoms with Crippen molar-refractivity contribution in [1.29, 1.82) is 0 Å². The van der Waals surface area contributed by atoms with Crippen molar-refractivity contribution in [3.8, 4) is 11.4 Å². The van der Waals surface area contributed by atoms with Crippen molar-refractivity contribution in [3.05, 3.63) is 36.2 Å². The van der Waals surface area contributed by atoms with Gasteiger partial charge >= 0.3 is 6.03 Å². The number of piperidine rings is 1. The summed E-state index contributed by atoms with van der Waals surface area (Å²) in [4.78, 5) is 18.7. The van der Waals surface area contributed by atoms with E-state index in [1.54, 1.807) is 37.1 Å². The number of amides is 2. The zero-order valence-corrected chi connectivity index (χ0v) is 15.6. The van der Waals surface area contributed by atoms with Crippen molar-refractivity contribution in [2.45, 2.75) is 25.7 Å². The van der Waals surface area contributed by atoms with Crippen molar-refractivity contribution in [2.24, 2.45) is 0 Å². The second-order valence-electron chi connectivity index (χ2n) is 6.51. The molecule has 11 nitrogen and oxygen atoms in total. The summed E-state index contributed by atoms with van der Waals surface area (Å²) in [6, 6.07) is 5.14. The normalized spacial score (nSPS) is 14.9. The number of tetrazole rings is 1. The molecule has 11 heteroatoms. The molecule has 2 aromatic heterocycles. The van der Waals surface area contributed by atoms with Crippen LogP contribution in [-0.4, -0.2) is 61.5 Å². The third-order valence-corrected chi connectivity index (χ3v) is 4.70. The standard InChI is InChI=1S/C17H20N8O3/c1-11-19-16(28-21-11)12-5-7-24(8-6-12)17(26)20-13-3-4-15(27-2)14(9-13)25-10-18-22-23-25/h3-4,9-10,12H,5-8H2,1-2H3,(H,20,26). The third-order valence-electron chi connectivity index (χ3n) is 4.70. The molecular formula is C17H20N8O3. The fourth-order valence-electron chi connectivity index (χ4n) is 3.23. The van der Waals surface area contributed by atoms with Gasteiger partial charge in [0.25, 0.3) is 0 Å². The molecule has 3 heterocycles. The van der Waals surface area contributed by atoms with E-state index >= 15 is 0 Å². The minimum Gasteiger partial charge on any atom is -0.494 e. The first kappa shape index (κ1) is 17.9. The van der Waals surface area contributed by atoms with Gasteiger partial charge in [-0.2, -0.15) is 9.67 Å². The monoisotopic (exact) mass is 384 g/mol. The molecule has 0 saturated carbocycles. The number of likely N-dealkylation sites (tertiary alicyclic amines) is 1. The predicted molar refractivity (Wildman–Crippen MR) is 97.3 cm³/mol. The zero-order valence-electron chi connectivity index (χ0n) is 15.6. The Morgan fingerprint density at radius 1 is 1.32 bits per heavy atom. The molecule has 0 atom stereocenters. The number of ether oxygens (including phenoxy) is 1. The van der Waals surface area contributed by atoms with E-state index in [1.165, 1.54) is 11.0 Å². The number of hydrogen-bond acceptors (Lipinski definition) is 8. The van der Waals surface area contributed by atoms with Crippen LogP contribution in [-0.2, 0) is 0 Å². The molecule has 0 aliphatic carbocycles. The number of urea groups is 1. The lowest BCUT2D eigenvalue weighted by molar-refractivity contribution is 0.187. The number of rotatable bonds is 4. The molecule has 1 aliphatic heterocycles. The molecule has 1 N–H and O–H groups in total. The van der Waals surface area contributed by atoms with Gasteiger partial charge in [0.05, 0.1) is 7.11 Å². The summed E-state index contributed by atoms with van der Waals surface area (Å²) in [5.74, 6) is 2.07. The molecule has 1 fully saturated rings. The summed E-state index contributed by atoms with van der Waals surface area (Å²) >= 11 is 0. The van der Waals surface area contributed by atoms with Crippen molar-refractivity contribution in [1.82, 2.24) is 35.2 Å². The molecule has 0 radical (unpaired) electrons. The first-order chi connectivity index (χ1) is 13.6. The molecule has 146 valence electrons. The SMILES string of the molecule is COc1ccc(NC(=O)N2CCC(c3nc(C)no3)CC2)cc1-n1cnnn1. The van der Waals surface area contributed by atoms with Crippen LogP contribution in [0.1, 0.15) is 30.5 Å². The van der Waals surface area contributed by atoms with Crippen LogP contribution in [0.4, 0.5) is 10.5 Å². The fourth-order valence-corrected chi connectivity index (χ4v) is 3.23. The van der Waals surface area contributed by atoms with Gasteiger partial charge in [0.15, 0.2) is 5.82 Å². The number of nitrogens with one attached hydrogen (secondary N) is 1. The molecule has 0 spiro atoms. The predicted octanol–water partition coefficient (Wildman–Crippen LogP) is 1.77. The van der Waals surface area contributed by atoms with E-state index in [0.717, 1.165) is 12.8 Å². The Bertz CT molecular complexity index is 947. The van der Waals surface area contributed by atoms with Crippen LogP contribution >= 0.6 is 0 Å². The van der Waals surface area contributed by atoms with Gasteiger partial charge in [0.2, 0.25) is 5.89 Å². The number of carbonyl (C=O) groups is 1. The van der Waals surface area contributed by atoms with Crippen molar-refractivity contribution < 1.29 is 14.1 Å². The molecule has 2 amide bonds. The van der Waals surface area contributed by atoms with Gasteiger partial charge in [-0.3, -0.25) is 0 Å². The van der Waals surface area contributed by atoms with Crippen LogP contribution in [0, 0.1) is 6.92 Å². The van der Waals surface area contributed by atoms with Gasteiger partial charge in [-0.05, 0) is 48.4 Å². The maximum atomic E-state index is 12.7. The van der Waals surface area contributed by atoms with E-state index < -0.39 is 0 Å². The molecule has 0 unspecified atom stereocenters. The smallest absolute Gasteiger partial charge is 0.321 e. The van der Waals surface area contributed by atoms with Gasteiger partial charge < -0.3 is 19.5 Å². The number of methoxy groups -OCH3 is 1.